The van der Waals surface area contributed by atoms with Crippen LogP contribution in [-0.2, 0) is 6.18 Å². The minimum Gasteiger partial charge on any atom is -0.339 e. The quantitative estimate of drug-likeness (QED) is 0.679. The van der Waals surface area contributed by atoms with Gasteiger partial charge in [-0.25, -0.2) is 0 Å². The van der Waals surface area contributed by atoms with E-state index >= 15 is 0 Å². The summed E-state index contributed by atoms with van der Waals surface area (Å²) in [5.41, 5.74) is 0.133. The SMILES string of the molecule is FC(F)(F)c1cccc(Nc2nncc(Nc3cccc(Cl)c3)n2)c1. The summed E-state index contributed by atoms with van der Waals surface area (Å²) < 4.78 is 38.3. The first kappa shape index (κ1) is 17.0. The van der Waals surface area contributed by atoms with Crippen LogP contribution >= 0.6 is 11.6 Å². The minimum atomic E-state index is -4.42. The van der Waals surface area contributed by atoms with E-state index in [2.05, 4.69) is 25.8 Å². The van der Waals surface area contributed by atoms with Crippen molar-refractivity contribution in [1.82, 2.24) is 15.2 Å². The molecule has 0 amide bonds. The number of rotatable bonds is 4. The number of nitrogens with one attached hydrogen (secondary N) is 2. The van der Waals surface area contributed by atoms with Crippen LogP contribution < -0.4 is 10.6 Å². The van der Waals surface area contributed by atoms with Crippen molar-refractivity contribution in [1.29, 1.82) is 0 Å². The Balaban J connectivity index is 1.78. The zero-order chi connectivity index (χ0) is 17.9. The first-order valence-electron chi connectivity index (χ1n) is 7.07. The lowest BCUT2D eigenvalue weighted by molar-refractivity contribution is -0.137. The molecule has 2 N–H and O–H groups in total. The summed E-state index contributed by atoms with van der Waals surface area (Å²) >= 11 is 5.91. The summed E-state index contributed by atoms with van der Waals surface area (Å²) in [7, 11) is 0. The highest BCUT2D eigenvalue weighted by atomic mass is 35.5. The summed E-state index contributed by atoms with van der Waals surface area (Å²) in [5, 5.41) is 13.8. The predicted octanol–water partition coefficient (Wildman–Crippen LogP) is 5.03. The molecule has 1 heterocycles. The van der Waals surface area contributed by atoms with Crippen molar-refractivity contribution < 1.29 is 13.2 Å². The van der Waals surface area contributed by atoms with E-state index in [1.54, 1.807) is 24.3 Å². The van der Waals surface area contributed by atoms with Gasteiger partial charge in [0.2, 0.25) is 5.95 Å². The molecule has 0 radical (unpaired) electrons. The smallest absolute Gasteiger partial charge is 0.339 e. The second-order valence-electron chi connectivity index (χ2n) is 5.00. The van der Waals surface area contributed by atoms with Crippen molar-refractivity contribution in [2.24, 2.45) is 0 Å². The van der Waals surface area contributed by atoms with Crippen LogP contribution in [0.1, 0.15) is 5.56 Å². The molecule has 3 aromatic rings. The second-order valence-corrected chi connectivity index (χ2v) is 5.44. The highest BCUT2D eigenvalue weighted by molar-refractivity contribution is 6.30. The highest BCUT2D eigenvalue weighted by Gasteiger charge is 2.30. The van der Waals surface area contributed by atoms with Crippen molar-refractivity contribution in [3.8, 4) is 0 Å². The van der Waals surface area contributed by atoms with Crippen LogP contribution in [0.3, 0.4) is 0 Å². The third-order valence-corrected chi connectivity index (χ3v) is 3.34. The Labute approximate surface area is 145 Å². The van der Waals surface area contributed by atoms with Gasteiger partial charge in [0.15, 0.2) is 5.82 Å². The maximum Gasteiger partial charge on any atom is 0.416 e. The Morgan fingerprint density at radius 2 is 1.64 bits per heavy atom. The van der Waals surface area contributed by atoms with Crippen molar-refractivity contribution >= 4 is 34.7 Å². The minimum absolute atomic E-state index is 0.0614. The van der Waals surface area contributed by atoms with Gasteiger partial charge in [-0.1, -0.05) is 23.7 Å². The standard InChI is InChI=1S/C16H11ClF3N5/c17-11-4-2-6-13(8-11)22-14-9-21-25-15(24-14)23-12-5-1-3-10(7-12)16(18,19)20/h1-9H,(H2,22,23,24,25). The van der Waals surface area contributed by atoms with Gasteiger partial charge in [0, 0.05) is 16.4 Å². The lowest BCUT2D eigenvalue weighted by Gasteiger charge is -2.10. The molecule has 0 saturated heterocycles. The summed E-state index contributed by atoms with van der Waals surface area (Å²) in [6, 6.07) is 11.7. The molecule has 3 rings (SSSR count). The van der Waals surface area contributed by atoms with Gasteiger partial charge in [-0.2, -0.15) is 23.3 Å². The fourth-order valence-corrected chi connectivity index (χ4v) is 2.22. The number of hydrogen-bond acceptors (Lipinski definition) is 5. The number of halogens is 4. The van der Waals surface area contributed by atoms with E-state index in [4.69, 9.17) is 11.6 Å². The molecule has 0 bridgehead atoms. The maximum absolute atomic E-state index is 12.8. The number of aromatic nitrogens is 3. The molecule has 0 fully saturated rings. The normalized spacial score (nSPS) is 11.2. The second kappa shape index (κ2) is 6.94. The molecule has 1 aromatic heterocycles. The highest BCUT2D eigenvalue weighted by Crippen LogP contribution is 2.31. The molecular formula is C16H11ClF3N5. The molecule has 25 heavy (non-hydrogen) atoms. The molecule has 9 heteroatoms. The Hall–Kier alpha value is -2.87. The van der Waals surface area contributed by atoms with E-state index in [-0.39, 0.29) is 11.6 Å². The number of anilines is 4. The number of alkyl halides is 3. The zero-order valence-corrected chi connectivity index (χ0v) is 13.3. The van der Waals surface area contributed by atoms with Gasteiger partial charge in [-0.05, 0) is 36.4 Å². The largest absolute Gasteiger partial charge is 0.416 e. The molecular weight excluding hydrogens is 355 g/mol. The van der Waals surface area contributed by atoms with Gasteiger partial charge in [-0.15, -0.1) is 5.10 Å². The van der Waals surface area contributed by atoms with Gasteiger partial charge in [0.25, 0.3) is 0 Å². The monoisotopic (exact) mass is 365 g/mol. The lowest BCUT2D eigenvalue weighted by Crippen LogP contribution is -2.06. The van der Waals surface area contributed by atoms with E-state index in [0.717, 1.165) is 12.1 Å². The Morgan fingerprint density at radius 1 is 0.920 bits per heavy atom. The molecule has 0 aliphatic heterocycles. The molecule has 0 aliphatic rings. The summed E-state index contributed by atoms with van der Waals surface area (Å²) in [6.07, 6.45) is -3.04. The average molecular weight is 366 g/mol. The van der Waals surface area contributed by atoms with Crippen molar-refractivity contribution in [2.45, 2.75) is 6.18 Å². The van der Waals surface area contributed by atoms with Crippen LogP contribution in [0.2, 0.25) is 5.02 Å². The predicted molar refractivity (Wildman–Crippen MR) is 89.3 cm³/mol. The van der Waals surface area contributed by atoms with Crippen molar-refractivity contribution in [3.05, 3.63) is 65.3 Å². The van der Waals surface area contributed by atoms with Crippen LogP contribution in [0.15, 0.2) is 54.7 Å². The summed E-state index contributed by atoms with van der Waals surface area (Å²) in [6.45, 7) is 0. The van der Waals surface area contributed by atoms with Crippen molar-refractivity contribution in [2.75, 3.05) is 10.6 Å². The Bertz CT molecular complexity index is 885. The van der Waals surface area contributed by atoms with Gasteiger partial charge in [-0.3, -0.25) is 0 Å². The van der Waals surface area contributed by atoms with E-state index in [1.807, 2.05) is 0 Å². The van der Waals surface area contributed by atoms with E-state index in [0.29, 0.717) is 16.5 Å². The number of nitrogens with zero attached hydrogens (tertiary/aromatic N) is 3. The third-order valence-electron chi connectivity index (χ3n) is 3.10. The zero-order valence-electron chi connectivity index (χ0n) is 12.5. The van der Waals surface area contributed by atoms with Gasteiger partial charge in [0.05, 0.1) is 11.8 Å². The molecule has 0 unspecified atom stereocenters. The lowest BCUT2D eigenvalue weighted by atomic mass is 10.2. The van der Waals surface area contributed by atoms with Gasteiger partial charge >= 0.3 is 6.18 Å². The van der Waals surface area contributed by atoms with Gasteiger partial charge in [0.1, 0.15) is 0 Å². The third kappa shape index (κ3) is 4.57. The maximum atomic E-state index is 12.8. The molecule has 0 aliphatic carbocycles. The van der Waals surface area contributed by atoms with Crippen molar-refractivity contribution in [3.63, 3.8) is 0 Å². The average Bonchev–Trinajstić information content (AvgIpc) is 2.55. The first-order chi connectivity index (χ1) is 11.9. The summed E-state index contributed by atoms with van der Waals surface area (Å²) in [4.78, 5) is 4.16. The van der Waals surface area contributed by atoms with E-state index in [9.17, 15) is 13.2 Å². The molecule has 0 saturated carbocycles. The Morgan fingerprint density at radius 3 is 2.36 bits per heavy atom. The fraction of sp³-hybridized carbons (Fsp3) is 0.0625. The molecule has 0 spiro atoms. The molecule has 2 aromatic carbocycles. The van der Waals surface area contributed by atoms with Crippen LogP contribution in [0.4, 0.5) is 36.3 Å². The van der Waals surface area contributed by atoms with Gasteiger partial charge < -0.3 is 10.6 Å². The molecule has 0 atom stereocenters. The fourth-order valence-electron chi connectivity index (χ4n) is 2.03. The van der Waals surface area contributed by atoms with Crippen LogP contribution in [0.25, 0.3) is 0 Å². The number of hydrogen-bond donors (Lipinski definition) is 2. The van der Waals surface area contributed by atoms with E-state index < -0.39 is 11.7 Å². The van der Waals surface area contributed by atoms with Crippen LogP contribution in [0.5, 0.6) is 0 Å². The topological polar surface area (TPSA) is 62.7 Å². The number of benzene rings is 2. The first-order valence-corrected chi connectivity index (χ1v) is 7.44. The van der Waals surface area contributed by atoms with E-state index in [1.165, 1.54) is 18.3 Å². The van der Waals surface area contributed by atoms with Crippen LogP contribution in [0, 0.1) is 0 Å². The summed E-state index contributed by atoms with van der Waals surface area (Å²) in [5.74, 6) is 0.429. The molecule has 5 nitrogen and oxygen atoms in total. The Kier molecular flexibility index (Phi) is 4.71. The van der Waals surface area contributed by atoms with Crippen LogP contribution in [-0.4, -0.2) is 15.2 Å². The molecule has 128 valence electrons.